The van der Waals surface area contributed by atoms with Crippen molar-refractivity contribution in [3.05, 3.63) is 12.7 Å². The highest BCUT2D eigenvalue weighted by atomic mass is 19.4. The number of carbonyl (C=O) groups is 1. The summed E-state index contributed by atoms with van der Waals surface area (Å²) >= 11 is 0. The summed E-state index contributed by atoms with van der Waals surface area (Å²) in [5, 5.41) is 23.8. The maximum atomic E-state index is 12.4. The van der Waals surface area contributed by atoms with Gasteiger partial charge >= 0.3 is 12.5 Å². The minimum absolute atomic E-state index is 0.00738. The first kappa shape index (κ1) is 24.4. The number of rotatable bonds is 6. The Morgan fingerprint density at radius 1 is 1.24 bits per heavy atom. The Labute approximate surface area is 191 Å². The minimum Gasteiger partial charge on any atom is -0.450 e. The Morgan fingerprint density at radius 3 is 2.65 bits per heavy atom. The first-order valence-electron chi connectivity index (χ1n) is 10.8. The van der Waals surface area contributed by atoms with Gasteiger partial charge in [0.2, 0.25) is 0 Å². The lowest BCUT2D eigenvalue weighted by Crippen LogP contribution is -2.42. The maximum Gasteiger partial charge on any atom is 0.522 e. The number of hydrogen-bond donors (Lipinski definition) is 3. The van der Waals surface area contributed by atoms with Crippen molar-refractivity contribution in [2.45, 2.75) is 56.7 Å². The zero-order chi connectivity index (χ0) is 24.5. The second-order valence-corrected chi connectivity index (χ2v) is 7.95. The Morgan fingerprint density at radius 2 is 1.97 bits per heavy atom. The van der Waals surface area contributed by atoms with Crippen LogP contribution < -0.4 is 5.32 Å². The van der Waals surface area contributed by atoms with Gasteiger partial charge in [-0.2, -0.15) is 0 Å². The number of halogens is 3. The van der Waals surface area contributed by atoms with E-state index in [-0.39, 0.29) is 17.8 Å². The van der Waals surface area contributed by atoms with Gasteiger partial charge in [-0.3, -0.25) is 9.30 Å². The molecule has 2 aromatic heterocycles. The molecule has 1 amide bonds. The molecule has 0 radical (unpaired) electrons. The summed E-state index contributed by atoms with van der Waals surface area (Å²) in [5.41, 5.74) is 0.616. The van der Waals surface area contributed by atoms with Crippen LogP contribution in [-0.2, 0) is 14.2 Å². The Kier molecular flexibility index (Phi) is 7.06. The molecule has 2 saturated heterocycles. The monoisotopic (exact) mass is 490 g/mol. The third-order valence-corrected chi connectivity index (χ3v) is 5.74. The Bertz CT molecular complexity index is 999. The number of amides is 1. The van der Waals surface area contributed by atoms with Gasteiger partial charge in [-0.25, -0.2) is 19.7 Å². The number of aliphatic hydroxyl groups excluding tert-OH is 2. The third kappa shape index (κ3) is 5.16. The fourth-order valence-electron chi connectivity index (χ4n) is 4.03. The quantitative estimate of drug-likeness (QED) is 0.537. The van der Waals surface area contributed by atoms with Gasteiger partial charge in [0, 0.05) is 19.1 Å². The Balaban J connectivity index is 1.45. The number of hydrogen-bond acceptors (Lipinski definition) is 10. The van der Waals surface area contributed by atoms with Gasteiger partial charge in [0.05, 0.1) is 19.5 Å². The topological polar surface area (TPSA) is 144 Å². The molecule has 188 valence electrons. The second-order valence-electron chi connectivity index (χ2n) is 7.95. The molecule has 2 aliphatic rings. The van der Waals surface area contributed by atoms with Gasteiger partial charge in [0.15, 0.2) is 23.2 Å². The van der Waals surface area contributed by atoms with Crippen molar-refractivity contribution in [2.24, 2.45) is 0 Å². The molecule has 0 saturated carbocycles. The normalized spacial score (nSPS) is 26.2. The van der Waals surface area contributed by atoms with Gasteiger partial charge in [-0.15, -0.1) is 13.2 Å². The van der Waals surface area contributed by atoms with Crippen LogP contribution in [0.25, 0.3) is 11.2 Å². The van der Waals surface area contributed by atoms with Crippen LogP contribution in [0, 0.1) is 0 Å². The predicted molar refractivity (Wildman–Crippen MR) is 108 cm³/mol. The van der Waals surface area contributed by atoms with E-state index >= 15 is 0 Å². The van der Waals surface area contributed by atoms with Crippen molar-refractivity contribution in [3.63, 3.8) is 0 Å². The number of imidazole rings is 1. The summed E-state index contributed by atoms with van der Waals surface area (Å²) in [6, 6.07) is 0.00738. The molecule has 0 aromatic carbocycles. The molecule has 3 N–H and O–H groups in total. The molecular formula is C19H25F3N6O6. The number of carbonyl (C=O) groups excluding carboxylic acids is 1. The lowest BCUT2D eigenvalue weighted by molar-refractivity contribution is -0.333. The van der Waals surface area contributed by atoms with E-state index in [1.54, 1.807) is 11.8 Å². The van der Waals surface area contributed by atoms with Crippen LogP contribution in [-0.4, -0.2) is 97.7 Å². The summed E-state index contributed by atoms with van der Waals surface area (Å²) in [7, 11) is 0. The second kappa shape index (κ2) is 9.85. The van der Waals surface area contributed by atoms with Crippen molar-refractivity contribution in [3.8, 4) is 0 Å². The van der Waals surface area contributed by atoms with E-state index in [0.29, 0.717) is 43.9 Å². The highest BCUT2D eigenvalue weighted by Gasteiger charge is 2.46. The summed E-state index contributed by atoms with van der Waals surface area (Å²) in [4.78, 5) is 26.2. The van der Waals surface area contributed by atoms with Crippen molar-refractivity contribution < 1.29 is 42.4 Å². The van der Waals surface area contributed by atoms with E-state index in [1.807, 2.05) is 0 Å². The van der Waals surface area contributed by atoms with Crippen molar-refractivity contribution >= 4 is 23.1 Å². The molecule has 15 heteroatoms. The summed E-state index contributed by atoms with van der Waals surface area (Å²) in [6.45, 7) is 2.11. The molecule has 0 bridgehead atoms. The van der Waals surface area contributed by atoms with Crippen LogP contribution >= 0.6 is 0 Å². The first-order chi connectivity index (χ1) is 16.2. The third-order valence-electron chi connectivity index (χ3n) is 5.74. The molecule has 0 spiro atoms. The van der Waals surface area contributed by atoms with Crippen LogP contribution in [0.5, 0.6) is 0 Å². The highest BCUT2D eigenvalue weighted by molar-refractivity contribution is 5.82. The number of aromatic nitrogens is 4. The standard InChI is InChI=1S/C19H25F3N6O6/c1-2-32-18(31)27-5-3-10(4-6-27)26-15-12-16(24-8-23-15)28(9-25-12)17-14(30)13(29)11(34-17)7-33-19(20,21)22/h8-11,13-14,17,29-30H,2-7H2,1H3,(H,23,24,26)/t11-,13-,14-,17-/m1/s1. The zero-order valence-corrected chi connectivity index (χ0v) is 18.2. The van der Waals surface area contributed by atoms with Crippen LogP contribution in [0.4, 0.5) is 23.8 Å². The molecule has 2 aliphatic heterocycles. The van der Waals surface area contributed by atoms with Gasteiger partial charge in [-0.05, 0) is 19.8 Å². The molecule has 0 unspecified atom stereocenters. The molecule has 0 aliphatic carbocycles. The number of likely N-dealkylation sites (tertiary alicyclic amines) is 1. The van der Waals surface area contributed by atoms with E-state index < -0.39 is 37.5 Å². The smallest absolute Gasteiger partial charge is 0.450 e. The maximum absolute atomic E-state index is 12.4. The number of aliphatic hydroxyl groups is 2. The predicted octanol–water partition coefficient (Wildman–Crippen LogP) is 1.01. The van der Waals surface area contributed by atoms with Crippen LogP contribution in [0.1, 0.15) is 26.0 Å². The first-order valence-corrected chi connectivity index (χ1v) is 10.8. The molecule has 2 fully saturated rings. The molecule has 12 nitrogen and oxygen atoms in total. The molecular weight excluding hydrogens is 465 g/mol. The minimum atomic E-state index is -4.89. The average Bonchev–Trinajstić information content (AvgIpc) is 3.34. The van der Waals surface area contributed by atoms with E-state index in [0.717, 1.165) is 0 Å². The lowest BCUT2D eigenvalue weighted by atomic mass is 10.1. The number of anilines is 1. The molecule has 4 atom stereocenters. The number of ether oxygens (including phenoxy) is 3. The fourth-order valence-corrected chi connectivity index (χ4v) is 4.03. The summed E-state index contributed by atoms with van der Waals surface area (Å²) in [6.07, 6.45) is -7.10. The van der Waals surface area contributed by atoms with E-state index in [1.165, 1.54) is 17.2 Å². The van der Waals surface area contributed by atoms with Crippen LogP contribution in [0.15, 0.2) is 12.7 Å². The number of fused-ring (bicyclic) bond motifs is 1. The fraction of sp³-hybridized carbons (Fsp3) is 0.684. The molecule has 2 aromatic rings. The van der Waals surface area contributed by atoms with Gasteiger partial charge in [-0.1, -0.05) is 0 Å². The molecule has 4 heterocycles. The van der Waals surface area contributed by atoms with Crippen molar-refractivity contribution in [1.29, 1.82) is 0 Å². The van der Waals surface area contributed by atoms with E-state index in [9.17, 15) is 28.2 Å². The van der Waals surface area contributed by atoms with E-state index in [4.69, 9.17) is 9.47 Å². The zero-order valence-electron chi connectivity index (χ0n) is 18.2. The summed E-state index contributed by atoms with van der Waals surface area (Å²) in [5.74, 6) is 0.420. The van der Waals surface area contributed by atoms with Crippen LogP contribution in [0.3, 0.4) is 0 Å². The lowest BCUT2D eigenvalue weighted by Gasteiger charge is -2.31. The number of nitrogens with zero attached hydrogens (tertiary/aromatic N) is 5. The highest BCUT2D eigenvalue weighted by Crippen LogP contribution is 2.33. The largest absolute Gasteiger partial charge is 0.522 e. The van der Waals surface area contributed by atoms with E-state index in [2.05, 4.69) is 25.0 Å². The van der Waals surface area contributed by atoms with Gasteiger partial charge in [0.1, 0.15) is 24.6 Å². The van der Waals surface area contributed by atoms with Gasteiger partial charge in [0.25, 0.3) is 0 Å². The number of nitrogens with one attached hydrogen (secondary N) is 1. The summed E-state index contributed by atoms with van der Waals surface area (Å²) < 4.78 is 52.6. The Hall–Kier alpha value is -2.75. The van der Waals surface area contributed by atoms with Crippen molar-refractivity contribution in [1.82, 2.24) is 24.4 Å². The SMILES string of the molecule is CCOC(=O)N1CCC(Nc2ncnc3c2ncn3[C@@H]2O[C@H](COC(F)(F)F)[C@@H](O)[C@H]2O)CC1. The molecule has 34 heavy (non-hydrogen) atoms. The van der Waals surface area contributed by atoms with Crippen molar-refractivity contribution in [2.75, 3.05) is 31.6 Å². The number of piperidine rings is 1. The molecule has 4 rings (SSSR count). The number of alkyl halides is 3. The van der Waals surface area contributed by atoms with Crippen LogP contribution in [0.2, 0.25) is 0 Å². The average molecular weight is 490 g/mol. The van der Waals surface area contributed by atoms with Gasteiger partial charge < -0.3 is 29.9 Å².